The fourth-order valence-electron chi connectivity index (χ4n) is 3.74. The average Bonchev–Trinajstić information content (AvgIpc) is 2.74. The highest BCUT2D eigenvalue weighted by Gasteiger charge is 2.24. The summed E-state index contributed by atoms with van der Waals surface area (Å²) in [5.74, 6) is 1.63. The van der Waals surface area contributed by atoms with Gasteiger partial charge < -0.3 is 14.5 Å². The van der Waals surface area contributed by atoms with Crippen LogP contribution in [0, 0.1) is 0 Å². The minimum atomic E-state index is 0.414. The van der Waals surface area contributed by atoms with Gasteiger partial charge in [-0.05, 0) is 12.5 Å². The Kier molecular flexibility index (Phi) is 5.76. The Hall–Kier alpha value is -1.89. The number of morpholine rings is 1. The molecule has 0 bridgehead atoms. The van der Waals surface area contributed by atoms with E-state index in [4.69, 9.17) is 21.3 Å². The minimum absolute atomic E-state index is 0.414. The average molecular weight is 388 g/mol. The lowest BCUT2D eigenvalue weighted by molar-refractivity contribution is 0.122. The zero-order valence-corrected chi connectivity index (χ0v) is 16.5. The minimum Gasteiger partial charge on any atom is -0.378 e. The number of halogens is 1. The van der Waals surface area contributed by atoms with Crippen LogP contribution in [-0.2, 0) is 4.74 Å². The lowest BCUT2D eigenvalue weighted by atomic mass is 10.1. The molecule has 6 nitrogen and oxygen atoms in total. The van der Waals surface area contributed by atoms with E-state index >= 15 is 0 Å². The van der Waals surface area contributed by atoms with Gasteiger partial charge in [0.25, 0.3) is 0 Å². The molecule has 0 spiro atoms. The molecule has 0 N–H and O–H groups in total. The SMILES string of the molecule is CC(c1ccccc1)N1CCN(c2nc(Cl)cc(N3CCOCC3)n2)CC1. The van der Waals surface area contributed by atoms with Gasteiger partial charge in [-0.15, -0.1) is 0 Å². The molecule has 2 aliphatic heterocycles. The molecule has 2 fully saturated rings. The zero-order valence-electron chi connectivity index (χ0n) is 15.7. The number of benzene rings is 1. The molecule has 0 saturated carbocycles. The normalized spacial score (nSPS) is 19.9. The van der Waals surface area contributed by atoms with Gasteiger partial charge in [0.15, 0.2) is 0 Å². The number of hydrogen-bond acceptors (Lipinski definition) is 6. The van der Waals surface area contributed by atoms with E-state index in [1.165, 1.54) is 5.56 Å². The summed E-state index contributed by atoms with van der Waals surface area (Å²) in [6, 6.07) is 12.9. The van der Waals surface area contributed by atoms with Crippen LogP contribution in [-0.4, -0.2) is 67.4 Å². The van der Waals surface area contributed by atoms with Crippen molar-refractivity contribution < 1.29 is 4.74 Å². The van der Waals surface area contributed by atoms with Gasteiger partial charge in [0, 0.05) is 51.4 Å². The van der Waals surface area contributed by atoms with Crippen molar-refractivity contribution in [2.45, 2.75) is 13.0 Å². The van der Waals surface area contributed by atoms with Crippen molar-refractivity contribution >= 4 is 23.4 Å². The van der Waals surface area contributed by atoms with Crippen LogP contribution in [0.3, 0.4) is 0 Å². The summed E-state index contributed by atoms with van der Waals surface area (Å²) < 4.78 is 5.43. The van der Waals surface area contributed by atoms with E-state index in [1.807, 2.05) is 6.07 Å². The molecule has 0 amide bonds. The highest BCUT2D eigenvalue weighted by atomic mass is 35.5. The topological polar surface area (TPSA) is 44.7 Å². The molecular formula is C20H26ClN5O. The Bertz CT molecular complexity index is 745. The molecule has 1 aromatic heterocycles. The van der Waals surface area contributed by atoms with Crippen LogP contribution >= 0.6 is 11.6 Å². The third kappa shape index (κ3) is 4.34. The van der Waals surface area contributed by atoms with E-state index in [-0.39, 0.29) is 0 Å². The van der Waals surface area contributed by atoms with Gasteiger partial charge in [0.1, 0.15) is 11.0 Å². The second kappa shape index (κ2) is 8.42. The number of aromatic nitrogens is 2. The monoisotopic (exact) mass is 387 g/mol. The maximum Gasteiger partial charge on any atom is 0.228 e. The van der Waals surface area contributed by atoms with Crippen molar-refractivity contribution in [3.63, 3.8) is 0 Å². The second-order valence-electron chi connectivity index (χ2n) is 7.06. The number of anilines is 2. The summed E-state index contributed by atoms with van der Waals surface area (Å²) in [6.45, 7) is 9.19. The van der Waals surface area contributed by atoms with Gasteiger partial charge in [0.05, 0.1) is 13.2 Å². The Morgan fingerprint density at radius 1 is 0.926 bits per heavy atom. The molecule has 2 saturated heterocycles. The first-order valence-corrected chi connectivity index (χ1v) is 10.00. The Morgan fingerprint density at radius 3 is 2.33 bits per heavy atom. The van der Waals surface area contributed by atoms with Crippen LogP contribution in [0.25, 0.3) is 0 Å². The third-order valence-corrected chi connectivity index (χ3v) is 5.63. The van der Waals surface area contributed by atoms with E-state index in [9.17, 15) is 0 Å². The molecule has 0 radical (unpaired) electrons. The second-order valence-corrected chi connectivity index (χ2v) is 7.45. The van der Waals surface area contributed by atoms with Gasteiger partial charge in [-0.1, -0.05) is 41.9 Å². The van der Waals surface area contributed by atoms with Crippen LogP contribution < -0.4 is 9.80 Å². The molecule has 3 heterocycles. The maximum absolute atomic E-state index is 6.30. The number of rotatable bonds is 4. The van der Waals surface area contributed by atoms with Gasteiger partial charge >= 0.3 is 0 Å². The molecule has 7 heteroatoms. The molecule has 144 valence electrons. The summed E-state index contributed by atoms with van der Waals surface area (Å²) >= 11 is 6.30. The first-order chi connectivity index (χ1) is 13.2. The Morgan fingerprint density at radius 2 is 1.63 bits per heavy atom. The highest BCUT2D eigenvalue weighted by Crippen LogP contribution is 2.25. The van der Waals surface area contributed by atoms with Crippen LogP contribution in [0.2, 0.25) is 5.15 Å². The standard InChI is InChI=1S/C20H26ClN5O/c1-16(17-5-3-2-4-6-17)24-7-9-26(10-8-24)20-22-18(21)15-19(23-20)25-11-13-27-14-12-25/h2-6,15-16H,7-14H2,1H3. The number of ether oxygens (including phenoxy) is 1. The molecule has 4 rings (SSSR count). The highest BCUT2D eigenvalue weighted by molar-refractivity contribution is 6.29. The van der Waals surface area contributed by atoms with Crippen LogP contribution in [0.1, 0.15) is 18.5 Å². The van der Waals surface area contributed by atoms with Crippen molar-refractivity contribution in [3.05, 3.63) is 47.1 Å². The van der Waals surface area contributed by atoms with E-state index < -0.39 is 0 Å². The van der Waals surface area contributed by atoms with E-state index in [1.54, 1.807) is 0 Å². The van der Waals surface area contributed by atoms with Gasteiger partial charge in [-0.2, -0.15) is 4.98 Å². The van der Waals surface area contributed by atoms with Crippen molar-refractivity contribution in [2.24, 2.45) is 0 Å². The lowest BCUT2D eigenvalue weighted by Crippen LogP contribution is -2.48. The fourth-order valence-corrected chi connectivity index (χ4v) is 3.91. The van der Waals surface area contributed by atoms with Crippen molar-refractivity contribution in [1.29, 1.82) is 0 Å². The predicted octanol–water partition coefficient (Wildman–Crippen LogP) is 2.85. The Balaban J connectivity index is 1.42. The number of nitrogens with zero attached hydrogens (tertiary/aromatic N) is 5. The smallest absolute Gasteiger partial charge is 0.228 e. The predicted molar refractivity (Wildman–Crippen MR) is 109 cm³/mol. The summed E-state index contributed by atoms with van der Waals surface area (Å²) in [5.41, 5.74) is 1.36. The molecular weight excluding hydrogens is 362 g/mol. The van der Waals surface area contributed by atoms with Crippen LogP contribution in [0.15, 0.2) is 36.4 Å². The Labute approximate surface area is 165 Å². The zero-order chi connectivity index (χ0) is 18.6. The first kappa shape index (κ1) is 18.5. The lowest BCUT2D eigenvalue weighted by Gasteiger charge is -2.38. The van der Waals surface area contributed by atoms with E-state index in [0.717, 1.165) is 64.2 Å². The van der Waals surface area contributed by atoms with E-state index in [2.05, 4.69) is 56.9 Å². The molecule has 1 aromatic carbocycles. The quantitative estimate of drug-likeness (QED) is 0.752. The largest absolute Gasteiger partial charge is 0.378 e. The van der Waals surface area contributed by atoms with Crippen molar-refractivity contribution in [2.75, 3.05) is 62.3 Å². The number of piperazine rings is 1. The fraction of sp³-hybridized carbons (Fsp3) is 0.500. The van der Waals surface area contributed by atoms with Crippen molar-refractivity contribution in [1.82, 2.24) is 14.9 Å². The molecule has 1 atom stereocenters. The van der Waals surface area contributed by atoms with Gasteiger partial charge in [0.2, 0.25) is 5.95 Å². The molecule has 1 unspecified atom stereocenters. The van der Waals surface area contributed by atoms with Crippen molar-refractivity contribution in [3.8, 4) is 0 Å². The molecule has 2 aromatic rings. The number of hydrogen-bond donors (Lipinski definition) is 0. The summed E-state index contributed by atoms with van der Waals surface area (Å²) in [7, 11) is 0. The summed E-state index contributed by atoms with van der Waals surface area (Å²) in [4.78, 5) is 16.2. The van der Waals surface area contributed by atoms with E-state index in [0.29, 0.717) is 11.2 Å². The maximum atomic E-state index is 6.30. The molecule has 2 aliphatic rings. The van der Waals surface area contributed by atoms with Gasteiger partial charge in [-0.25, -0.2) is 4.98 Å². The van der Waals surface area contributed by atoms with Crippen LogP contribution in [0.4, 0.5) is 11.8 Å². The molecule has 27 heavy (non-hydrogen) atoms. The first-order valence-electron chi connectivity index (χ1n) is 9.62. The molecule has 0 aliphatic carbocycles. The van der Waals surface area contributed by atoms with Crippen LogP contribution in [0.5, 0.6) is 0 Å². The third-order valence-electron chi connectivity index (χ3n) is 5.43. The van der Waals surface area contributed by atoms with Gasteiger partial charge in [-0.3, -0.25) is 4.90 Å². The summed E-state index contributed by atoms with van der Waals surface area (Å²) in [5, 5.41) is 0.501. The summed E-state index contributed by atoms with van der Waals surface area (Å²) in [6.07, 6.45) is 0.